The van der Waals surface area contributed by atoms with Crippen LogP contribution in [-0.4, -0.2) is 55.1 Å². The van der Waals surface area contributed by atoms with Gasteiger partial charge in [-0.05, 0) is 38.8 Å². The van der Waals surface area contributed by atoms with Gasteiger partial charge in [0.1, 0.15) is 0 Å². The first-order valence-electron chi connectivity index (χ1n) is 10.0. The van der Waals surface area contributed by atoms with Crippen molar-refractivity contribution in [2.45, 2.75) is 50.7 Å². The number of para-hydroxylation sites is 1. The lowest BCUT2D eigenvalue weighted by atomic mass is 9.89. The number of benzene rings is 1. The molecule has 10 heteroatoms. The van der Waals surface area contributed by atoms with Crippen LogP contribution in [0.15, 0.2) is 47.2 Å². The molecule has 1 N–H and O–H groups in total. The molecule has 4 rings (SSSR count). The van der Waals surface area contributed by atoms with Crippen LogP contribution in [-0.2, 0) is 5.60 Å². The number of likely N-dealkylation sites (tertiary alicyclic amines) is 1. The second kappa shape index (κ2) is 8.18. The molecule has 3 heterocycles. The van der Waals surface area contributed by atoms with Crippen molar-refractivity contribution >= 4 is 5.91 Å². The van der Waals surface area contributed by atoms with Crippen LogP contribution < -0.4 is 0 Å². The van der Waals surface area contributed by atoms with Gasteiger partial charge in [-0.2, -0.15) is 15.0 Å². The van der Waals surface area contributed by atoms with E-state index in [0.717, 1.165) is 13.3 Å². The van der Waals surface area contributed by atoms with E-state index in [4.69, 9.17) is 4.52 Å². The summed E-state index contributed by atoms with van der Waals surface area (Å²) >= 11 is 0. The van der Waals surface area contributed by atoms with E-state index in [9.17, 15) is 18.7 Å². The van der Waals surface area contributed by atoms with Crippen LogP contribution in [0.5, 0.6) is 0 Å². The Hall–Kier alpha value is -3.14. The lowest BCUT2D eigenvalue weighted by Crippen LogP contribution is -2.45. The summed E-state index contributed by atoms with van der Waals surface area (Å²) in [5, 5.41) is 22.1. The fourth-order valence-corrected chi connectivity index (χ4v) is 3.78. The SMILES string of the molecule is C[C@@H]1CC[C@@H](c2cc(C(C)(O)C(F)F)on2)CN1C(=O)c1ccccc1-n1nccn1. The molecule has 3 atom stereocenters. The zero-order valence-corrected chi connectivity index (χ0v) is 17.2. The Kier molecular flexibility index (Phi) is 5.57. The van der Waals surface area contributed by atoms with E-state index >= 15 is 0 Å². The fraction of sp³-hybridized carbons (Fsp3) is 0.429. The molecule has 1 aliphatic heterocycles. The maximum atomic E-state index is 13.4. The Morgan fingerprint density at radius 1 is 1.26 bits per heavy atom. The molecule has 1 fully saturated rings. The summed E-state index contributed by atoms with van der Waals surface area (Å²) < 4.78 is 31.2. The lowest BCUT2D eigenvalue weighted by molar-refractivity contribution is -0.103. The van der Waals surface area contributed by atoms with E-state index in [2.05, 4.69) is 15.4 Å². The third-order valence-corrected chi connectivity index (χ3v) is 5.78. The molecule has 0 aliphatic carbocycles. The number of carbonyl (C=O) groups excluding carboxylic acids is 1. The largest absolute Gasteiger partial charge is 0.377 e. The third-order valence-electron chi connectivity index (χ3n) is 5.78. The summed E-state index contributed by atoms with van der Waals surface area (Å²) in [6.07, 6.45) is 1.50. The molecule has 164 valence electrons. The van der Waals surface area contributed by atoms with Gasteiger partial charge in [-0.1, -0.05) is 17.3 Å². The molecule has 1 amide bonds. The van der Waals surface area contributed by atoms with Gasteiger partial charge in [0.25, 0.3) is 12.3 Å². The highest BCUT2D eigenvalue weighted by Crippen LogP contribution is 2.34. The van der Waals surface area contributed by atoms with Crippen molar-refractivity contribution in [3.05, 3.63) is 59.7 Å². The van der Waals surface area contributed by atoms with Crippen LogP contribution in [0, 0.1) is 0 Å². The minimum absolute atomic E-state index is 0.0158. The highest BCUT2D eigenvalue weighted by Gasteiger charge is 2.40. The molecule has 8 nitrogen and oxygen atoms in total. The van der Waals surface area contributed by atoms with Gasteiger partial charge < -0.3 is 14.5 Å². The number of halogens is 2. The average Bonchev–Trinajstić information content (AvgIpc) is 3.46. The number of hydrogen-bond acceptors (Lipinski definition) is 6. The summed E-state index contributed by atoms with van der Waals surface area (Å²) in [6, 6.07) is 8.43. The molecule has 1 unspecified atom stereocenters. The standard InChI is InChI=1S/C21H23F2N5O3/c1-13-7-8-14(16-11-18(31-26-16)21(2,30)20(22)23)12-27(13)19(29)15-5-3-4-6-17(15)28-24-9-10-25-28/h3-6,9-11,13-14,20,30H,7-8,12H2,1-2H3/t13-,14-,21?/m1/s1. The van der Waals surface area contributed by atoms with Gasteiger partial charge in [0, 0.05) is 24.6 Å². The lowest BCUT2D eigenvalue weighted by Gasteiger charge is -2.37. The van der Waals surface area contributed by atoms with Crippen LogP contribution in [0.3, 0.4) is 0 Å². The summed E-state index contributed by atoms with van der Waals surface area (Å²) in [7, 11) is 0. The van der Waals surface area contributed by atoms with Crippen molar-refractivity contribution < 1.29 is 23.2 Å². The molecule has 2 aromatic heterocycles. The molecular weight excluding hydrogens is 408 g/mol. The fourth-order valence-electron chi connectivity index (χ4n) is 3.78. The van der Waals surface area contributed by atoms with Crippen molar-refractivity contribution in [3.63, 3.8) is 0 Å². The summed E-state index contributed by atoms with van der Waals surface area (Å²) in [5.41, 5.74) is -0.933. The van der Waals surface area contributed by atoms with Gasteiger partial charge >= 0.3 is 0 Å². The predicted octanol–water partition coefficient (Wildman–Crippen LogP) is 3.14. The first-order valence-corrected chi connectivity index (χ1v) is 10.0. The zero-order chi connectivity index (χ0) is 22.2. The predicted molar refractivity (Wildman–Crippen MR) is 106 cm³/mol. The van der Waals surface area contributed by atoms with E-state index in [0.29, 0.717) is 29.9 Å². The van der Waals surface area contributed by atoms with Gasteiger partial charge in [-0.25, -0.2) is 8.78 Å². The summed E-state index contributed by atoms with van der Waals surface area (Å²) in [4.78, 5) is 16.6. The number of carbonyl (C=O) groups is 1. The van der Waals surface area contributed by atoms with Crippen molar-refractivity contribution in [1.82, 2.24) is 25.1 Å². The topological polar surface area (TPSA) is 97.3 Å². The van der Waals surface area contributed by atoms with Crippen molar-refractivity contribution in [2.75, 3.05) is 6.54 Å². The Morgan fingerprint density at radius 3 is 2.68 bits per heavy atom. The number of piperidine rings is 1. The Morgan fingerprint density at radius 2 is 1.97 bits per heavy atom. The minimum atomic E-state index is -3.01. The number of nitrogens with zero attached hydrogens (tertiary/aromatic N) is 5. The molecule has 1 aliphatic rings. The van der Waals surface area contributed by atoms with Gasteiger partial charge in [0.2, 0.25) is 0 Å². The van der Waals surface area contributed by atoms with Crippen LogP contribution >= 0.6 is 0 Å². The Labute approximate surface area is 177 Å². The smallest absolute Gasteiger partial charge is 0.273 e. The highest BCUT2D eigenvalue weighted by molar-refractivity contribution is 5.98. The molecule has 1 aromatic carbocycles. The Bertz CT molecular complexity index is 1050. The number of rotatable bonds is 5. The number of alkyl halides is 2. The van der Waals surface area contributed by atoms with E-state index in [-0.39, 0.29) is 23.6 Å². The van der Waals surface area contributed by atoms with Crippen molar-refractivity contribution in [3.8, 4) is 5.69 Å². The van der Waals surface area contributed by atoms with E-state index in [1.54, 1.807) is 23.1 Å². The van der Waals surface area contributed by atoms with Crippen LogP contribution in [0.2, 0.25) is 0 Å². The highest BCUT2D eigenvalue weighted by atomic mass is 19.3. The number of amides is 1. The first-order chi connectivity index (χ1) is 14.8. The van der Waals surface area contributed by atoms with Crippen molar-refractivity contribution in [2.24, 2.45) is 0 Å². The monoisotopic (exact) mass is 431 g/mol. The Balaban J connectivity index is 1.58. The number of aromatic nitrogens is 4. The molecule has 0 saturated carbocycles. The van der Waals surface area contributed by atoms with Crippen LogP contribution in [0.25, 0.3) is 5.69 Å². The summed E-state index contributed by atoms with van der Waals surface area (Å²) in [5.74, 6) is -0.654. The molecule has 1 saturated heterocycles. The van der Waals surface area contributed by atoms with Crippen LogP contribution in [0.4, 0.5) is 8.78 Å². The quantitative estimate of drug-likeness (QED) is 0.667. The normalized spacial score (nSPS) is 21.3. The molecule has 0 radical (unpaired) electrons. The molecule has 31 heavy (non-hydrogen) atoms. The van der Waals surface area contributed by atoms with Gasteiger partial charge in [-0.3, -0.25) is 4.79 Å². The van der Waals surface area contributed by atoms with Crippen molar-refractivity contribution in [1.29, 1.82) is 0 Å². The molecular formula is C21H23F2N5O3. The van der Waals surface area contributed by atoms with Gasteiger partial charge in [0.05, 0.1) is 29.3 Å². The van der Waals surface area contributed by atoms with E-state index in [1.165, 1.54) is 23.3 Å². The minimum Gasteiger partial charge on any atom is -0.377 e. The third kappa shape index (κ3) is 3.95. The molecule has 3 aromatic rings. The molecule has 0 spiro atoms. The van der Waals surface area contributed by atoms with E-state index < -0.39 is 12.0 Å². The second-order valence-electron chi connectivity index (χ2n) is 7.98. The summed E-state index contributed by atoms with van der Waals surface area (Å²) in [6.45, 7) is 3.31. The van der Waals surface area contributed by atoms with Gasteiger partial charge in [-0.15, -0.1) is 0 Å². The maximum Gasteiger partial charge on any atom is 0.273 e. The zero-order valence-electron chi connectivity index (χ0n) is 17.2. The number of hydrogen-bond donors (Lipinski definition) is 1. The van der Waals surface area contributed by atoms with Gasteiger partial charge in [0.15, 0.2) is 11.4 Å². The maximum absolute atomic E-state index is 13.4. The average molecular weight is 431 g/mol. The number of aliphatic hydroxyl groups is 1. The van der Waals surface area contributed by atoms with Crippen LogP contribution in [0.1, 0.15) is 54.4 Å². The second-order valence-corrected chi connectivity index (χ2v) is 7.98. The van der Waals surface area contributed by atoms with E-state index in [1.807, 2.05) is 13.0 Å². The first kappa shape index (κ1) is 21.1. The molecule has 0 bridgehead atoms.